The molecule has 0 aliphatic heterocycles. The number of nitrogens with two attached hydrogens (primary N) is 1. The van der Waals surface area contributed by atoms with E-state index in [1.54, 1.807) is 6.07 Å². The van der Waals surface area contributed by atoms with Crippen LogP contribution in [0.2, 0.25) is 0 Å². The lowest BCUT2D eigenvalue weighted by molar-refractivity contribution is -0.138. The summed E-state index contributed by atoms with van der Waals surface area (Å²) in [5, 5.41) is 11.1. The lowest BCUT2D eigenvalue weighted by atomic mass is 10.3. The molecule has 176 valence electrons. The average molecular weight is 443 g/mol. The first-order valence-corrected chi connectivity index (χ1v) is 10.4. The zero-order chi connectivity index (χ0) is 22.6. The lowest BCUT2D eigenvalue weighted by Gasteiger charge is -2.09. The number of carbonyl (C=O) groups is 2. The summed E-state index contributed by atoms with van der Waals surface area (Å²) in [7, 11) is 0. The van der Waals surface area contributed by atoms with Gasteiger partial charge in [0.05, 0.1) is 58.4 Å². The third-order valence-electron chi connectivity index (χ3n) is 3.87. The van der Waals surface area contributed by atoms with Crippen molar-refractivity contribution in [3.63, 3.8) is 0 Å². The number of carboxylic acids is 1. The number of nitrogen functional groups attached to an aromatic ring is 1. The summed E-state index contributed by atoms with van der Waals surface area (Å²) in [5.74, 6) is -0.585. The molecule has 10 heteroatoms. The number of aliphatic carboxylic acids is 1. The van der Waals surface area contributed by atoms with E-state index in [1.807, 2.05) is 18.2 Å². The molecule has 0 aromatic heterocycles. The summed E-state index contributed by atoms with van der Waals surface area (Å²) in [6.45, 7) is 4.66. The molecule has 0 radical (unpaired) electrons. The Bertz CT molecular complexity index is 615. The largest absolute Gasteiger partial charge is 0.489 e. The topological polar surface area (TPSA) is 139 Å². The molecular formula is C21H34N2O8. The molecule has 1 amide bonds. The van der Waals surface area contributed by atoms with E-state index in [2.05, 4.69) is 5.32 Å². The van der Waals surface area contributed by atoms with Gasteiger partial charge in [-0.15, -0.1) is 0 Å². The minimum absolute atomic E-state index is 0.00352. The maximum Gasteiger partial charge on any atom is 0.303 e. The summed E-state index contributed by atoms with van der Waals surface area (Å²) < 4.78 is 27.1. The maximum atomic E-state index is 11.3. The van der Waals surface area contributed by atoms with E-state index in [9.17, 15) is 9.59 Å². The molecule has 0 heterocycles. The van der Waals surface area contributed by atoms with Gasteiger partial charge < -0.3 is 39.8 Å². The van der Waals surface area contributed by atoms with Crippen molar-refractivity contribution in [1.29, 1.82) is 0 Å². The summed E-state index contributed by atoms with van der Waals surface area (Å²) in [6, 6.07) is 7.32. The molecule has 1 aromatic rings. The molecule has 31 heavy (non-hydrogen) atoms. The quantitative estimate of drug-likeness (QED) is 0.200. The average Bonchev–Trinajstić information content (AvgIpc) is 2.75. The fourth-order valence-electron chi connectivity index (χ4n) is 2.30. The van der Waals surface area contributed by atoms with Gasteiger partial charge in [-0.05, 0) is 18.6 Å². The van der Waals surface area contributed by atoms with Gasteiger partial charge in [0.2, 0.25) is 5.91 Å². The van der Waals surface area contributed by atoms with Crippen molar-refractivity contribution in [1.82, 2.24) is 5.32 Å². The molecule has 0 unspecified atom stereocenters. The van der Waals surface area contributed by atoms with Crippen molar-refractivity contribution in [3.05, 3.63) is 24.3 Å². The number of para-hydroxylation sites is 2. The molecule has 10 nitrogen and oxygen atoms in total. The number of hydrogen-bond acceptors (Lipinski definition) is 8. The molecule has 0 atom stereocenters. The first-order valence-electron chi connectivity index (χ1n) is 10.4. The van der Waals surface area contributed by atoms with E-state index in [1.165, 1.54) is 0 Å². The van der Waals surface area contributed by atoms with Crippen molar-refractivity contribution in [2.45, 2.75) is 19.3 Å². The number of benzene rings is 1. The number of carboxylic acid groups (broad SMARTS) is 1. The summed E-state index contributed by atoms with van der Waals surface area (Å²) in [6.07, 6.45) is 0.498. The number of rotatable bonds is 20. The molecule has 4 N–H and O–H groups in total. The van der Waals surface area contributed by atoms with Crippen molar-refractivity contribution in [2.24, 2.45) is 0 Å². The number of anilines is 1. The van der Waals surface area contributed by atoms with E-state index in [0.717, 1.165) is 0 Å². The highest BCUT2D eigenvalue weighted by Gasteiger charge is 2.04. The Morgan fingerprint density at radius 3 is 1.94 bits per heavy atom. The Labute approximate surface area is 182 Å². The molecule has 0 fully saturated rings. The second-order valence-corrected chi connectivity index (χ2v) is 6.43. The Balaban J connectivity index is 1.75. The van der Waals surface area contributed by atoms with Crippen molar-refractivity contribution >= 4 is 17.6 Å². The zero-order valence-corrected chi connectivity index (χ0v) is 17.9. The van der Waals surface area contributed by atoms with Crippen LogP contribution in [0.5, 0.6) is 5.75 Å². The van der Waals surface area contributed by atoms with Gasteiger partial charge >= 0.3 is 5.97 Å². The fraction of sp³-hybridized carbons (Fsp3) is 0.619. The minimum Gasteiger partial charge on any atom is -0.489 e. The van der Waals surface area contributed by atoms with Gasteiger partial charge in [-0.2, -0.15) is 0 Å². The molecular weight excluding hydrogens is 408 g/mol. The Kier molecular flexibility index (Phi) is 15.8. The van der Waals surface area contributed by atoms with Gasteiger partial charge in [-0.25, -0.2) is 0 Å². The highest BCUT2D eigenvalue weighted by Crippen LogP contribution is 2.19. The van der Waals surface area contributed by atoms with Gasteiger partial charge in [0.25, 0.3) is 0 Å². The lowest BCUT2D eigenvalue weighted by Crippen LogP contribution is -2.25. The van der Waals surface area contributed by atoms with Crippen LogP contribution < -0.4 is 15.8 Å². The molecule has 1 rings (SSSR count). The Hall–Kier alpha value is -2.40. The SMILES string of the molecule is Nc1ccccc1OCCOCCOCCOCCOCCCNC(=O)CCC(=O)O. The number of ether oxygens (including phenoxy) is 5. The normalized spacial score (nSPS) is 10.7. The minimum atomic E-state index is -0.979. The standard InChI is InChI=1S/C21H34N2O8/c22-18-4-1-2-5-19(18)31-17-16-30-15-14-29-13-12-28-11-10-27-9-3-8-23-20(24)6-7-21(25)26/h1-2,4-5H,3,6-17,22H2,(H,23,24)(H,25,26). The molecule has 1 aromatic carbocycles. The number of carbonyl (C=O) groups excluding carboxylic acids is 1. The van der Waals surface area contributed by atoms with Gasteiger partial charge in [0.15, 0.2) is 0 Å². The van der Waals surface area contributed by atoms with E-state index in [4.69, 9.17) is 34.5 Å². The summed E-state index contributed by atoms with van der Waals surface area (Å²) >= 11 is 0. The highest BCUT2D eigenvalue weighted by atomic mass is 16.6. The highest BCUT2D eigenvalue weighted by molar-refractivity contribution is 5.80. The first-order chi connectivity index (χ1) is 15.1. The van der Waals surface area contributed by atoms with Crippen LogP contribution in [0.25, 0.3) is 0 Å². The van der Waals surface area contributed by atoms with E-state index < -0.39 is 5.97 Å². The molecule has 0 saturated carbocycles. The Morgan fingerprint density at radius 2 is 1.35 bits per heavy atom. The van der Waals surface area contributed by atoms with E-state index in [-0.39, 0.29) is 18.7 Å². The van der Waals surface area contributed by atoms with E-state index in [0.29, 0.717) is 83.9 Å². The van der Waals surface area contributed by atoms with Crippen molar-refractivity contribution in [2.75, 3.05) is 71.7 Å². The maximum absolute atomic E-state index is 11.3. The van der Waals surface area contributed by atoms with Crippen LogP contribution in [0.3, 0.4) is 0 Å². The van der Waals surface area contributed by atoms with Crippen molar-refractivity contribution < 1.29 is 38.4 Å². The molecule has 0 bridgehead atoms. The van der Waals surface area contributed by atoms with E-state index >= 15 is 0 Å². The van der Waals surface area contributed by atoms with Gasteiger partial charge in [-0.1, -0.05) is 12.1 Å². The first kappa shape index (κ1) is 26.6. The fourth-order valence-corrected chi connectivity index (χ4v) is 2.30. The summed E-state index contributed by atoms with van der Waals surface area (Å²) in [4.78, 5) is 21.6. The van der Waals surface area contributed by atoms with Gasteiger partial charge in [-0.3, -0.25) is 9.59 Å². The predicted molar refractivity (Wildman–Crippen MR) is 114 cm³/mol. The van der Waals surface area contributed by atoms with Crippen LogP contribution in [0, 0.1) is 0 Å². The molecule has 0 spiro atoms. The van der Waals surface area contributed by atoms with Crippen LogP contribution in [-0.4, -0.2) is 83.0 Å². The number of amides is 1. The zero-order valence-electron chi connectivity index (χ0n) is 17.9. The van der Waals surface area contributed by atoms with Crippen LogP contribution in [-0.2, 0) is 28.5 Å². The predicted octanol–water partition coefficient (Wildman–Crippen LogP) is 1.09. The van der Waals surface area contributed by atoms with Gasteiger partial charge in [0, 0.05) is 19.6 Å². The molecule has 0 aliphatic rings. The van der Waals surface area contributed by atoms with Crippen molar-refractivity contribution in [3.8, 4) is 5.75 Å². The van der Waals surface area contributed by atoms with Crippen LogP contribution in [0.15, 0.2) is 24.3 Å². The van der Waals surface area contributed by atoms with Crippen LogP contribution in [0.4, 0.5) is 5.69 Å². The monoisotopic (exact) mass is 442 g/mol. The Morgan fingerprint density at radius 1 is 0.806 bits per heavy atom. The number of hydrogen-bond donors (Lipinski definition) is 3. The smallest absolute Gasteiger partial charge is 0.303 e. The third-order valence-corrected chi connectivity index (χ3v) is 3.87. The summed E-state index contributed by atoms with van der Waals surface area (Å²) in [5.41, 5.74) is 6.39. The second-order valence-electron chi connectivity index (χ2n) is 6.43. The second kappa shape index (κ2) is 18.4. The molecule has 0 aliphatic carbocycles. The molecule has 0 saturated heterocycles. The van der Waals surface area contributed by atoms with Crippen LogP contribution in [0.1, 0.15) is 19.3 Å². The number of nitrogens with one attached hydrogen (secondary N) is 1. The van der Waals surface area contributed by atoms with Crippen LogP contribution >= 0.6 is 0 Å². The van der Waals surface area contributed by atoms with Gasteiger partial charge in [0.1, 0.15) is 12.4 Å². The third kappa shape index (κ3) is 16.0.